The van der Waals surface area contributed by atoms with Crippen LogP contribution in [0.3, 0.4) is 0 Å². The SMILES string of the molecule is COc1ccc(OCCC(C)(C)OC)c([B-](F)(F)F)c1.[K+]. The number of halogens is 3. The smallest absolute Gasteiger partial charge is 0.497 e. The summed E-state index contributed by atoms with van der Waals surface area (Å²) in [6, 6.07) is 3.68. The standard InChI is InChI=1S/C13H19BF3O3.K/c1-13(2,19-4)7-8-20-12-6-5-10(18-3)9-11(12)14(15,16)17;/h5-6,9H,7-8H2,1-4H3;/q-1;+1. The van der Waals surface area contributed by atoms with Gasteiger partial charge in [0.1, 0.15) is 5.75 Å². The molecule has 3 nitrogen and oxygen atoms in total. The van der Waals surface area contributed by atoms with Gasteiger partial charge in [-0.25, -0.2) is 0 Å². The van der Waals surface area contributed by atoms with E-state index in [2.05, 4.69) is 0 Å². The molecule has 0 saturated heterocycles. The van der Waals surface area contributed by atoms with Crippen LogP contribution in [0.5, 0.6) is 11.5 Å². The molecule has 1 aromatic carbocycles. The van der Waals surface area contributed by atoms with Gasteiger partial charge in [-0.05, 0) is 32.0 Å². The maximum Gasteiger partial charge on any atom is 1.00 e. The van der Waals surface area contributed by atoms with E-state index < -0.39 is 18.0 Å². The van der Waals surface area contributed by atoms with E-state index >= 15 is 0 Å². The molecule has 1 aromatic rings. The normalized spacial score (nSPS) is 11.8. The molecule has 0 radical (unpaired) electrons. The topological polar surface area (TPSA) is 27.7 Å². The van der Waals surface area contributed by atoms with Gasteiger partial charge in [0, 0.05) is 13.5 Å². The third kappa shape index (κ3) is 6.92. The first-order valence-electron chi connectivity index (χ1n) is 6.25. The zero-order valence-electron chi connectivity index (χ0n) is 13.1. The van der Waals surface area contributed by atoms with Crippen LogP contribution in [-0.4, -0.2) is 33.4 Å². The van der Waals surface area contributed by atoms with Crippen molar-refractivity contribution in [2.45, 2.75) is 25.9 Å². The fraction of sp³-hybridized carbons (Fsp3) is 0.538. The van der Waals surface area contributed by atoms with E-state index in [0.717, 1.165) is 6.07 Å². The molecule has 0 bridgehead atoms. The van der Waals surface area contributed by atoms with Gasteiger partial charge < -0.3 is 27.2 Å². The van der Waals surface area contributed by atoms with Crippen LogP contribution in [-0.2, 0) is 4.74 Å². The van der Waals surface area contributed by atoms with Gasteiger partial charge in [0.25, 0.3) is 0 Å². The Kier molecular flexibility index (Phi) is 8.90. The van der Waals surface area contributed by atoms with E-state index in [4.69, 9.17) is 14.2 Å². The molecule has 0 aromatic heterocycles. The van der Waals surface area contributed by atoms with E-state index in [1.54, 1.807) is 7.11 Å². The largest absolute Gasteiger partial charge is 1.00 e. The Morgan fingerprint density at radius 2 is 1.76 bits per heavy atom. The molecule has 0 fully saturated rings. The Morgan fingerprint density at radius 1 is 1.14 bits per heavy atom. The van der Waals surface area contributed by atoms with Gasteiger partial charge in [0.2, 0.25) is 0 Å². The Balaban J connectivity index is 0.00000400. The number of hydrogen-bond acceptors (Lipinski definition) is 3. The maximum atomic E-state index is 13.0. The molecule has 0 saturated carbocycles. The molecule has 0 aliphatic rings. The van der Waals surface area contributed by atoms with Crippen LogP contribution >= 0.6 is 0 Å². The van der Waals surface area contributed by atoms with Crippen molar-refractivity contribution < 1.29 is 78.5 Å². The average Bonchev–Trinajstić information content (AvgIpc) is 2.37. The monoisotopic (exact) mass is 330 g/mol. The van der Waals surface area contributed by atoms with Gasteiger partial charge in [0.15, 0.2) is 0 Å². The maximum absolute atomic E-state index is 13.0. The first kappa shape index (κ1) is 21.3. The third-order valence-corrected chi connectivity index (χ3v) is 3.08. The van der Waals surface area contributed by atoms with Crippen molar-refractivity contribution in [3.8, 4) is 11.5 Å². The third-order valence-electron chi connectivity index (χ3n) is 3.08. The van der Waals surface area contributed by atoms with Gasteiger partial charge in [0.05, 0.1) is 25.1 Å². The second-order valence-corrected chi connectivity index (χ2v) is 5.04. The Morgan fingerprint density at radius 3 is 2.24 bits per heavy atom. The fourth-order valence-corrected chi connectivity index (χ4v) is 1.55. The van der Waals surface area contributed by atoms with E-state index in [9.17, 15) is 12.9 Å². The van der Waals surface area contributed by atoms with E-state index in [1.807, 2.05) is 13.8 Å². The predicted molar refractivity (Wildman–Crippen MR) is 72.9 cm³/mol. The summed E-state index contributed by atoms with van der Waals surface area (Å²) < 4.78 is 54.3. The minimum absolute atomic E-state index is 0. The molecule has 0 heterocycles. The molecule has 114 valence electrons. The van der Waals surface area contributed by atoms with Crippen molar-refractivity contribution in [1.82, 2.24) is 0 Å². The number of methoxy groups -OCH3 is 2. The van der Waals surface area contributed by atoms with Gasteiger partial charge in [-0.2, -0.15) is 0 Å². The van der Waals surface area contributed by atoms with Crippen molar-refractivity contribution in [3.63, 3.8) is 0 Å². The quantitative estimate of drug-likeness (QED) is 0.656. The first-order valence-corrected chi connectivity index (χ1v) is 6.25. The number of hydrogen-bond donors (Lipinski definition) is 0. The fourth-order valence-electron chi connectivity index (χ4n) is 1.55. The van der Waals surface area contributed by atoms with Crippen molar-refractivity contribution >= 4 is 12.4 Å². The summed E-state index contributed by atoms with van der Waals surface area (Å²) in [4.78, 5) is 0. The van der Waals surface area contributed by atoms with E-state index in [1.165, 1.54) is 19.2 Å². The molecule has 0 unspecified atom stereocenters. The zero-order valence-corrected chi connectivity index (χ0v) is 16.2. The molecule has 1 rings (SSSR count). The van der Waals surface area contributed by atoms with Crippen molar-refractivity contribution in [2.24, 2.45) is 0 Å². The molecule has 0 amide bonds. The summed E-state index contributed by atoms with van der Waals surface area (Å²) in [5, 5.41) is 0. The van der Waals surface area contributed by atoms with Crippen LogP contribution in [0.15, 0.2) is 18.2 Å². The molecule has 0 atom stereocenters. The summed E-state index contributed by atoms with van der Waals surface area (Å²) in [6.45, 7) is -1.31. The zero-order chi connectivity index (χ0) is 15.4. The molecular formula is C13H19BF3KO3. The summed E-state index contributed by atoms with van der Waals surface area (Å²) in [5.41, 5.74) is -1.21. The average molecular weight is 330 g/mol. The minimum atomic E-state index is -5.15. The van der Waals surface area contributed by atoms with Crippen molar-refractivity contribution in [2.75, 3.05) is 20.8 Å². The number of benzene rings is 1. The van der Waals surface area contributed by atoms with Crippen molar-refractivity contribution in [3.05, 3.63) is 18.2 Å². The Labute approximate surface area is 166 Å². The van der Waals surface area contributed by atoms with E-state index in [0.29, 0.717) is 6.42 Å². The van der Waals surface area contributed by atoms with Gasteiger partial charge in [-0.1, -0.05) is 5.46 Å². The Hall–Kier alpha value is 0.271. The molecule has 21 heavy (non-hydrogen) atoms. The molecule has 0 N–H and O–H groups in total. The van der Waals surface area contributed by atoms with Crippen LogP contribution in [0.1, 0.15) is 20.3 Å². The van der Waals surface area contributed by atoms with Crippen LogP contribution in [0.25, 0.3) is 0 Å². The summed E-state index contributed by atoms with van der Waals surface area (Å²) in [5.74, 6) is -0.0195. The number of rotatable bonds is 7. The van der Waals surface area contributed by atoms with Crippen LogP contribution in [0, 0.1) is 0 Å². The van der Waals surface area contributed by atoms with Gasteiger partial charge >= 0.3 is 58.4 Å². The van der Waals surface area contributed by atoms with Gasteiger partial charge in [-0.3, -0.25) is 0 Å². The predicted octanol–water partition coefficient (Wildman–Crippen LogP) is -0.0525. The van der Waals surface area contributed by atoms with E-state index in [-0.39, 0.29) is 69.5 Å². The van der Waals surface area contributed by atoms with Crippen LogP contribution in [0.4, 0.5) is 12.9 Å². The molecular weight excluding hydrogens is 311 g/mol. The summed E-state index contributed by atoms with van der Waals surface area (Å²) >= 11 is 0. The molecule has 8 heteroatoms. The molecule has 0 aliphatic carbocycles. The second kappa shape index (κ2) is 8.79. The number of ether oxygens (including phenoxy) is 3. The van der Waals surface area contributed by atoms with Gasteiger partial charge in [-0.15, -0.1) is 0 Å². The second-order valence-electron chi connectivity index (χ2n) is 5.04. The molecule has 0 spiro atoms. The Bertz CT molecular complexity index is 453. The van der Waals surface area contributed by atoms with Crippen LogP contribution < -0.4 is 66.3 Å². The summed E-state index contributed by atoms with van der Waals surface area (Å²) in [7, 11) is 2.88. The minimum Gasteiger partial charge on any atom is -0.497 e. The van der Waals surface area contributed by atoms with Crippen LogP contribution in [0.2, 0.25) is 0 Å². The first-order chi connectivity index (χ1) is 9.19. The molecule has 0 aliphatic heterocycles. The summed E-state index contributed by atoms with van der Waals surface area (Å²) in [6.07, 6.45) is 0.486. The van der Waals surface area contributed by atoms with Crippen molar-refractivity contribution in [1.29, 1.82) is 0 Å².